The van der Waals surface area contributed by atoms with Crippen LogP contribution in [0.5, 0.6) is 5.75 Å². The van der Waals surface area contributed by atoms with Gasteiger partial charge in [0.1, 0.15) is 17.9 Å². The van der Waals surface area contributed by atoms with Crippen LogP contribution in [0.1, 0.15) is 68.4 Å². The summed E-state index contributed by atoms with van der Waals surface area (Å²) in [5, 5.41) is 11.7. The number of ketones is 1. The number of carbonyl (C=O) groups is 4. The van der Waals surface area contributed by atoms with Gasteiger partial charge in [0.15, 0.2) is 10.9 Å². The van der Waals surface area contributed by atoms with Crippen LogP contribution < -0.4 is 19.9 Å². The molecule has 3 heterocycles. The number of nitriles is 1. The number of carbonyl (C=O) groups excluding carboxylic acids is 4. The number of nitrogens with zero attached hydrogens (tertiary/aromatic N) is 5. The van der Waals surface area contributed by atoms with Crippen molar-refractivity contribution in [2.45, 2.75) is 77.6 Å². The lowest BCUT2D eigenvalue weighted by Gasteiger charge is -2.39. The van der Waals surface area contributed by atoms with E-state index >= 15 is 0 Å². The number of imide groups is 1. The topological polar surface area (TPSA) is 126 Å². The van der Waals surface area contributed by atoms with Crippen molar-refractivity contribution >= 4 is 52.2 Å². The maximum Gasteiger partial charge on any atom is 0.417 e. The molecule has 15 heteroatoms. The second kappa shape index (κ2) is 17.4. The van der Waals surface area contributed by atoms with Gasteiger partial charge in [0.25, 0.3) is 5.91 Å². The lowest BCUT2D eigenvalue weighted by Crippen LogP contribution is -2.53. The Bertz CT molecular complexity index is 2150. The minimum Gasteiger partial charge on any atom is -0.492 e. The molecule has 0 bridgehead atoms. The van der Waals surface area contributed by atoms with Crippen molar-refractivity contribution in [1.29, 1.82) is 5.26 Å². The predicted octanol–water partition coefficient (Wildman–Crippen LogP) is 5.85. The first-order valence-electron chi connectivity index (χ1n) is 19.5. The maximum absolute atomic E-state index is 13.8. The summed E-state index contributed by atoms with van der Waals surface area (Å²) in [6.07, 6.45) is -2.48. The van der Waals surface area contributed by atoms with Crippen molar-refractivity contribution in [2.75, 3.05) is 49.1 Å². The van der Waals surface area contributed by atoms with Crippen LogP contribution in [-0.4, -0.2) is 89.3 Å². The van der Waals surface area contributed by atoms with E-state index < -0.39 is 28.7 Å². The van der Waals surface area contributed by atoms with Gasteiger partial charge in [0.05, 0.1) is 29.4 Å². The van der Waals surface area contributed by atoms with E-state index in [0.717, 1.165) is 53.4 Å². The molecular formula is C43H47F3N6O5S. The molecule has 306 valence electrons. The molecule has 1 N–H and O–H groups in total. The van der Waals surface area contributed by atoms with Gasteiger partial charge in [0, 0.05) is 56.7 Å². The lowest BCUT2D eigenvalue weighted by molar-refractivity contribution is -0.138. The van der Waals surface area contributed by atoms with Gasteiger partial charge in [-0.1, -0.05) is 31.2 Å². The number of ether oxygens (including phenoxy) is 1. The molecule has 0 aliphatic carbocycles. The number of alkyl halides is 3. The molecule has 3 aliphatic rings. The molecule has 0 aromatic heterocycles. The fraction of sp³-hybridized carbons (Fsp3) is 0.442. The highest BCUT2D eigenvalue weighted by atomic mass is 32.1. The Kier molecular flexibility index (Phi) is 12.7. The molecule has 3 aromatic carbocycles. The smallest absolute Gasteiger partial charge is 0.417 e. The standard InChI is InChI=1S/C43H47F3N6O5S/c1-5-30-22-34(52-41(58)51(40(56)42(52,3)4)33-11-9-32(24-47)36(23-33)43(44,45)46)12-13-37(30)57-18-17-49-15-16-50(27(2)25-49)26-35(53)21-29-8-6-7-28(19-29)20-31-10-14-38(54)48-39(31)55/h6-9,11-13,19,22-23,27,31H,5,10,14-18,20-21,25-26H2,1-4H3,(H,48,54,55)/t27-,31-/m1/s1. The molecule has 11 nitrogen and oxygen atoms in total. The van der Waals surface area contributed by atoms with E-state index in [1.165, 1.54) is 6.07 Å². The molecular weight excluding hydrogens is 770 g/mol. The first-order chi connectivity index (χ1) is 27.5. The van der Waals surface area contributed by atoms with E-state index in [9.17, 15) is 37.6 Å². The van der Waals surface area contributed by atoms with Crippen LogP contribution in [0.25, 0.3) is 0 Å². The summed E-state index contributed by atoms with van der Waals surface area (Å²) in [6, 6.07) is 18.1. The summed E-state index contributed by atoms with van der Waals surface area (Å²) in [4.78, 5) is 57.8. The third-order valence-corrected chi connectivity index (χ3v) is 11.5. The van der Waals surface area contributed by atoms with Crippen LogP contribution in [0.3, 0.4) is 0 Å². The van der Waals surface area contributed by atoms with E-state index in [1.54, 1.807) is 30.9 Å². The highest BCUT2D eigenvalue weighted by Gasteiger charge is 2.51. The normalized spacial score (nSPS) is 20.3. The summed E-state index contributed by atoms with van der Waals surface area (Å²) in [5.74, 6) is -0.416. The molecule has 3 aliphatic heterocycles. The average molecular weight is 817 g/mol. The van der Waals surface area contributed by atoms with Gasteiger partial charge in [-0.3, -0.25) is 39.2 Å². The Morgan fingerprint density at radius 1 is 1.03 bits per heavy atom. The zero-order valence-corrected chi connectivity index (χ0v) is 33.8. The predicted molar refractivity (Wildman–Crippen MR) is 216 cm³/mol. The van der Waals surface area contributed by atoms with E-state index in [1.807, 2.05) is 43.3 Å². The van der Waals surface area contributed by atoms with Crippen LogP contribution in [0, 0.1) is 17.2 Å². The number of Topliss-reactive ketones (excluding diaryl/α,β-unsaturated/α-hetero) is 1. The second-order valence-corrected chi connectivity index (χ2v) is 16.0. The number of hydrogen-bond acceptors (Lipinski definition) is 9. The zero-order valence-electron chi connectivity index (χ0n) is 33.0. The third kappa shape index (κ3) is 9.25. The number of nitrogens with one attached hydrogen (secondary N) is 1. The number of hydrogen-bond donors (Lipinski definition) is 1. The summed E-state index contributed by atoms with van der Waals surface area (Å²) < 4.78 is 47.6. The van der Waals surface area contributed by atoms with Gasteiger partial charge in [0.2, 0.25) is 11.8 Å². The Morgan fingerprint density at radius 2 is 1.78 bits per heavy atom. The Labute approximate surface area is 341 Å². The van der Waals surface area contributed by atoms with Gasteiger partial charge < -0.3 is 9.64 Å². The average Bonchev–Trinajstić information content (AvgIpc) is 3.35. The fourth-order valence-electron chi connectivity index (χ4n) is 7.97. The molecule has 58 heavy (non-hydrogen) atoms. The third-order valence-electron chi connectivity index (χ3n) is 11.2. The number of thiocarbonyl (C=S) groups is 1. The summed E-state index contributed by atoms with van der Waals surface area (Å²) in [5.41, 5.74) is 0.384. The Hall–Kier alpha value is -5.17. The fourth-order valence-corrected chi connectivity index (χ4v) is 8.49. The molecule has 0 saturated carbocycles. The monoisotopic (exact) mass is 816 g/mol. The molecule has 3 amide bonds. The van der Waals surface area contributed by atoms with Gasteiger partial charge in [-0.15, -0.1) is 0 Å². The van der Waals surface area contributed by atoms with Crippen LogP contribution in [0.15, 0.2) is 60.7 Å². The van der Waals surface area contributed by atoms with E-state index in [-0.39, 0.29) is 40.4 Å². The first kappa shape index (κ1) is 42.4. The number of rotatable bonds is 13. The number of aryl methyl sites for hydroxylation is 1. The summed E-state index contributed by atoms with van der Waals surface area (Å²) in [7, 11) is 0. The van der Waals surface area contributed by atoms with Gasteiger partial charge in [-0.2, -0.15) is 18.4 Å². The van der Waals surface area contributed by atoms with Gasteiger partial charge in [-0.05, 0) is 105 Å². The lowest BCUT2D eigenvalue weighted by atomic mass is 9.90. The highest BCUT2D eigenvalue weighted by Crippen LogP contribution is 2.40. The van der Waals surface area contributed by atoms with Crippen molar-refractivity contribution in [3.05, 3.63) is 88.5 Å². The number of piperazine rings is 1. The van der Waals surface area contributed by atoms with E-state index in [2.05, 4.69) is 22.0 Å². The maximum atomic E-state index is 13.8. The molecule has 0 unspecified atom stereocenters. The SMILES string of the molecule is CCc1cc(N2C(=S)N(c3ccc(C#N)c(C(F)(F)F)c3)C(=O)C2(C)C)ccc1OCCN1CCN(CC(=O)Cc2cccc(C[C@H]3CCC(=O)NC3=O)c2)[C@H](C)C1. The van der Waals surface area contributed by atoms with E-state index in [4.69, 9.17) is 17.0 Å². The molecule has 3 fully saturated rings. The highest BCUT2D eigenvalue weighted by molar-refractivity contribution is 7.81. The largest absolute Gasteiger partial charge is 0.492 e. The quantitative estimate of drug-likeness (QED) is 0.166. The van der Waals surface area contributed by atoms with E-state index in [0.29, 0.717) is 63.2 Å². The van der Waals surface area contributed by atoms with Crippen molar-refractivity contribution in [3.63, 3.8) is 0 Å². The minimum atomic E-state index is -4.79. The van der Waals surface area contributed by atoms with Gasteiger partial charge >= 0.3 is 6.18 Å². The minimum absolute atomic E-state index is 0.0229. The molecule has 2 atom stereocenters. The number of piperidine rings is 1. The zero-order chi connectivity index (χ0) is 41.9. The number of amides is 3. The van der Waals surface area contributed by atoms with Gasteiger partial charge in [-0.25, -0.2) is 0 Å². The second-order valence-electron chi connectivity index (χ2n) is 15.7. The number of halogens is 3. The van der Waals surface area contributed by atoms with Crippen LogP contribution in [-0.2, 0) is 44.6 Å². The number of benzene rings is 3. The van der Waals surface area contributed by atoms with Crippen molar-refractivity contribution in [2.24, 2.45) is 5.92 Å². The number of anilines is 2. The molecule has 0 spiro atoms. The molecule has 3 aromatic rings. The van der Waals surface area contributed by atoms with Crippen molar-refractivity contribution in [3.8, 4) is 11.8 Å². The van der Waals surface area contributed by atoms with Crippen LogP contribution in [0.4, 0.5) is 24.5 Å². The summed E-state index contributed by atoms with van der Waals surface area (Å²) >= 11 is 5.72. The van der Waals surface area contributed by atoms with Crippen LogP contribution in [0.2, 0.25) is 0 Å². The first-order valence-corrected chi connectivity index (χ1v) is 19.9. The summed E-state index contributed by atoms with van der Waals surface area (Å²) in [6.45, 7) is 11.1. The molecule has 3 saturated heterocycles. The Morgan fingerprint density at radius 3 is 2.47 bits per heavy atom. The van der Waals surface area contributed by atoms with Crippen molar-refractivity contribution < 1.29 is 37.1 Å². The molecule has 6 rings (SSSR count). The van der Waals surface area contributed by atoms with Crippen molar-refractivity contribution in [1.82, 2.24) is 15.1 Å². The Balaban J connectivity index is 1.01. The van der Waals surface area contributed by atoms with Crippen LogP contribution >= 0.6 is 12.2 Å². The molecule has 0 radical (unpaired) electrons.